The van der Waals surface area contributed by atoms with E-state index in [1.807, 2.05) is 18.0 Å². The van der Waals surface area contributed by atoms with Crippen LogP contribution in [0.1, 0.15) is 25.3 Å². The van der Waals surface area contributed by atoms with Crippen LogP contribution in [-0.4, -0.2) is 133 Å². The molecule has 1 fully saturated rings. The number of carbonyl (C=O) groups excluding carboxylic acids is 4. The third kappa shape index (κ3) is 8.89. The van der Waals surface area contributed by atoms with Crippen LogP contribution in [0.2, 0.25) is 0 Å². The number of likely N-dealkylation sites (tertiary alicyclic amines) is 1. The molecule has 0 saturated carbocycles. The largest absolute Gasteiger partial charge is 0.488 e. The number of likely N-dealkylation sites (N-methyl/N-ethyl adjacent to an activating group) is 3. The molecule has 0 spiro atoms. The number of aryl methyl sites for hydroxylation is 2. The molecule has 1 saturated heterocycles. The Bertz CT molecular complexity index is 2530. The summed E-state index contributed by atoms with van der Waals surface area (Å²) >= 11 is 0. The normalized spacial score (nSPS) is 15.0. The van der Waals surface area contributed by atoms with Crippen LogP contribution in [0, 0.1) is 17.2 Å². The van der Waals surface area contributed by atoms with Gasteiger partial charge in [-0.15, -0.1) is 0 Å². The highest BCUT2D eigenvalue weighted by Gasteiger charge is 2.33. The van der Waals surface area contributed by atoms with Crippen molar-refractivity contribution in [3.05, 3.63) is 71.0 Å². The molecule has 0 radical (unpaired) electrons. The average molecular weight is 823 g/mol. The van der Waals surface area contributed by atoms with E-state index in [0.717, 1.165) is 6.42 Å². The van der Waals surface area contributed by atoms with Gasteiger partial charge in [0.2, 0.25) is 5.91 Å². The number of benzene rings is 2. The van der Waals surface area contributed by atoms with E-state index >= 15 is 0 Å². The fourth-order valence-corrected chi connectivity index (χ4v) is 7.21. The smallest absolute Gasteiger partial charge is 0.444 e. The van der Waals surface area contributed by atoms with E-state index < -0.39 is 25.3 Å². The number of fused-ring (bicyclic) bond motifs is 2. The first kappa shape index (κ1) is 42.7. The number of imidazole rings is 1. The summed E-state index contributed by atoms with van der Waals surface area (Å²) in [7, 11) is 6.59. The highest BCUT2D eigenvalue weighted by molar-refractivity contribution is 6.58. The van der Waals surface area contributed by atoms with Gasteiger partial charge in [0, 0.05) is 67.6 Å². The molecule has 60 heavy (non-hydrogen) atoms. The Morgan fingerprint density at radius 3 is 2.27 bits per heavy atom. The van der Waals surface area contributed by atoms with Gasteiger partial charge in [-0.1, -0.05) is 31.2 Å². The third-order valence-corrected chi connectivity index (χ3v) is 11.0. The zero-order chi connectivity index (χ0) is 43.4. The summed E-state index contributed by atoms with van der Waals surface area (Å²) < 4.78 is 9.60. The number of anilines is 3. The first-order valence-electron chi connectivity index (χ1n) is 19.1. The molecule has 0 unspecified atom stereocenters. The maximum atomic E-state index is 13.7. The Kier molecular flexibility index (Phi) is 12.8. The van der Waals surface area contributed by atoms with Crippen LogP contribution in [0.3, 0.4) is 0 Å². The first-order valence-corrected chi connectivity index (χ1v) is 19.1. The topological polar surface area (TPSA) is 236 Å². The molecule has 20 nitrogen and oxygen atoms in total. The van der Waals surface area contributed by atoms with Crippen molar-refractivity contribution in [2.24, 2.45) is 20.0 Å². The minimum absolute atomic E-state index is 0.0793. The fraction of sp³-hybridized carbons (Fsp3) is 0.385. The minimum Gasteiger partial charge on any atom is -0.444 e. The number of amides is 5. The van der Waals surface area contributed by atoms with Gasteiger partial charge in [-0.05, 0) is 41.6 Å². The van der Waals surface area contributed by atoms with E-state index in [1.54, 1.807) is 69.6 Å². The molecule has 2 atom stereocenters. The highest BCUT2D eigenvalue weighted by Crippen LogP contribution is 2.31. The van der Waals surface area contributed by atoms with Gasteiger partial charge in [-0.3, -0.25) is 23.8 Å². The summed E-state index contributed by atoms with van der Waals surface area (Å²) in [4.78, 5) is 81.0. The summed E-state index contributed by atoms with van der Waals surface area (Å²) in [5.74, 6) is 0.626. The molecule has 0 aliphatic carbocycles. The van der Waals surface area contributed by atoms with Crippen LogP contribution < -0.4 is 26.7 Å². The van der Waals surface area contributed by atoms with Crippen molar-refractivity contribution in [3.8, 4) is 6.07 Å². The summed E-state index contributed by atoms with van der Waals surface area (Å²) in [6, 6.07) is 11.9. The number of hydrogen-bond donors (Lipinski definition) is 4. The lowest BCUT2D eigenvalue weighted by Gasteiger charge is -2.42. The lowest BCUT2D eigenvalue weighted by Crippen LogP contribution is -2.52. The zero-order valence-electron chi connectivity index (χ0n) is 34.2. The van der Waals surface area contributed by atoms with E-state index in [9.17, 15) is 34.0 Å². The molecule has 1 aliphatic rings. The van der Waals surface area contributed by atoms with Crippen molar-refractivity contribution >= 4 is 75.9 Å². The molecule has 314 valence electrons. The number of carbonyl (C=O) groups is 4. The SMILES string of the molecule is C[C@@H]1CCN(C(=O)CC#N)C[C@@H]1N(C)c1ncnc2c1ccn2C(=O)N(C)CCN(C)C(=O)Nc1cc2c(cc1NC(=O)OCc1ccc(B(O)O)cc1)n(C)c(=O)n2C. The number of hydrogen-bond acceptors (Lipinski definition) is 12. The van der Waals surface area contributed by atoms with E-state index in [0.29, 0.717) is 46.5 Å². The Morgan fingerprint density at radius 2 is 1.62 bits per heavy atom. The van der Waals surface area contributed by atoms with Gasteiger partial charge in [-0.2, -0.15) is 5.26 Å². The lowest BCUT2D eigenvalue weighted by atomic mass is 9.80. The fourth-order valence-electron chi connectivity index (χ4n) is 7.21. The zero-order valence-corrected chi connectivity index (χ0v) is 34.2. The molecular weight excluding hydrogens is 775 g/mol. The van der Waals surface area contributed by atoms with Crippen LogP contribution in [0.25, 0.3) is 22.1 Å². The van der Waals surface area contributed by atoms with Crippen LogP contribution in [-0.2, 0) is 30.2 Å². The number of rotatable bonds is 11. The van der Waals surface area contributed by atoms with Gasteiger partial charge < -0.3 is 39.7 Å². The Morgan fingerprint density at radius 1 is 0.967 bits per heavy atom. The number of ether oxygens (including phenoxy) is 1. The van der Waals surface area contributed by atoms with Gasteiger partial charge >= 0.3 is 31.0 Å². The van der Waals surface area contributed by atoms with Crippen LogP contribution in [0.4, 0.5) is 31.6 Å². The van der Waals surface area contributed by atoms with Crippen molar-refractivity contribution in [2.45, 2.75) is 32.4 Å². The van der Waals surface area contributed by atoms with Gasteiger partial charge in [0.1, 0.15) is 25.2 Å². The number of urea groups is 1. The van der Waals surface area contributed by atoms with Crippen molar-refractivity contribution in [3.63, 3.8) is 0 Å². The molecule has 3 aromatic heterocycles. The van der Waals surface area contributed by atoms with Crippen molar-refractivity contribution < 1.29 is 34.0 Å². The van der Waals surface area contributed by atoms with Crippen LogP contribution in [0.15, 0.2) is 59.8 Å². The monoisotopic (exact) mass is 822 g/mol. The second kappa shape index (κ2) is 17.9. The van der Waals surface area contributed by atoms with Gasteiger partial charge in [0.05, 0.1) is 39.9 Å². The summed E-state index contributed by atoms with van der Waals surface area (Å²) in [5.41, 5.74) is 2.28. The molecular formula is C39H47BN12O8. The van der Waals surface area contributed by atoms with Gasteiger partial charge in [-0.25, -0.2) is 29.1 Å². The second-order valence-electron chi connectivity index (χ2n) is 14.9. The van der Waals surface area contributed by atoms with Gasteiger partial charge in [0.25, 0.3) is 0 Å². The number of nitrogens with one attached hydrogen (secondary N) is 2. The molecule has 21 heteroatoms. The van der Waals surface area contributed by atoms with E-state index in [4.69, 9.17) is 10.00 Å². The van der Waals surface area contributed by atoms with E-state index in [1.165, 1.54) is 42.0 Å². The highest BCUT2D eigenvalue weighted by atomic mass is 16.5. The number of piperidine rings is 1. The summed E-state index contributed by atoms with van der Waals surface area (Å²) in [6.45, 7) is 3.25. The second-order valence-corrected chi connectivity index (χ2v) is 14.9. The van der Waals surface area contributed by atoms with E-state index in [-0.39, 0.29) is 66.5 Å². The molecule has 4 N–H and O–H groups in total. The third-order valence-electron chi connectivity index (χ3n) is 11.0. The number of nitriles is 1. The number of nitrogens with zero attached hydrogens (tertiary/aromatic N) is 10. The van der Waals surface area contributed by atoms with Gasteiger partial charge in [0.15, 0.2) is 5.65 Å². The maximum Gasteiger partial charge on any atom is 0.488 e. The predicted molar refractivity (Wildman–Crippen MR) is 224 cm³/mol. The first-order chi connectivity index (χ1) is 28.6. The Labute approximate surface area is 345 Å². The molecule has 2 aromatic carbocycles. The molecule has 5 amide bonds. The van der Waals surface area contributed by atoms with Crippen molar-refractivity contribution in [1.82, 2.24) is 38.4 Å². The lowest BCUT2D eigenvalue weighted by molar-refractivity contribution is -0.131. The van der Waals surface area contributed by atoms with E-state index in [2.05, 4.69) is 27.5 Å². The standard InChI is InChI=1S/C39H47BN12O8/c1-24-12-15-51(33(53)11-14-41)21-32(24)48(4)34-27-13-16-52(35(27)43-23-42-34)38(56)47(3)18-17-46(2)36(54)44-28-19-30-31(50(6)39(57)49(30)5)20-29(28)45-37(55)60-22-25-7-9-26(10-8-25)40(58)59/h7-10,13,16,19-20,23-24,32,58-59H,11-12,15,17-18,21-22H2,1-6H3,(H,44,54)(H,45,55)/t24-,32+/m1/s1. The summed E-state index contributed by atoms with van der Waals surface area (Å²) in [5, 5.41) is 33.8. The molecule has 4 heterocycles. The van der Waals surface area contributed by atoms with Crippen molar-refractivity contribution in [1.29, 1.82) is 5.26 Å². The van der Waals surface area contributed by atoms with Crippen LogP contribution in [0.5, 0.6) is 0 Å². The molecule has 6 rings (SSSR count). The minimum atomic E-state index is -1.63. The molecule has 5 aromatic rings. The van der Waals surface area contributed by atoms with Crippen molar-refractivity contribution in [2.75, 3.05) is 62.9 Å². The molecule has 0 bridgehead atoms. The Hall–Kier alpha value is -6.92. The number of aromatic nitrogens is 5. The quantitative estimate of drug-likeness (QED) is 0.139. The van der Waals surface area contributed by atoms with Crippen LogP contribution >= 0.6 is 0 Å². The Balaban J connectivity index is 1.11. The summed E-state index contributed by atoms with van der Waals surface area (Å²) in [6.07, 6.45) is 2.75. The average Bonchev–Trinajstić information content (AvgIpc) is 3.76. The predicted octanol–water partition coefficient (Wildman–Crippen LogP) is 1.70. The molecule has 1 aliphatic heterocycles. The maximum absolute atomic E-state index is 13.7.